The summed E-state index contributed by atoms with van der Waals surface area (Å²) in [6, 6.07) is 19.2. The molecule has 0 radical (unpaired) electrons. The monoisotopic (exact) mass is 737 g/mol. The number of hydrogen-bond donors (Lipinski definition) is 1. The van der Waals surface area contributed by atoms with Crippen LogP contribution in [0.5, 0.6) is 0 Å². The summed E-state index contributed by atoms with van der Waals surface area (Å²) in [5.74, 6) is 0.253. The second-order valence-corrected chi connectivity index (χ2v) is 16.7. The smallest absolute Gasteiger partial charge is 0.435 e. The van der Waals surface area contributed by atoms with Gasteiger partial charge in [-0.15, -0.1) is 0 Å². The number of carbonyl (C=O) groups excluding carboxylic acids is 3. The Kier molecular flexibility index (Phi) is 10.2. The molecule has 1 aliphatic rings. The third-order valence-electron chi connectivity index (χ3n) is 8.67. The summed E-state index contributed by atoms with van der Waals surface area (Å²) < 4.78 is 19.8. The minimum atomic E-state index is -0.794. The molecular weight excluding hydrogens is 686 g/mol. The third-order valence-corrected chi connectivity index (χ3v) is 8.67. The minimum absolute atomic E-state index is 0.253. The summed E-state index contributed by atoms with van der Waals surface area (Å²) in [5, 5.41) is 8.21. The van der Waals surface area contributed by atoms with Crippen LogP contribution < -0.4 is 10.2 Å². The molecule has 13 heteroatoms. The summed E-state index contributed by atoms with van der Waals surface area (Å²) in [4.78, 5) is 49.7. The largest absolute Gasteiger partial charge is 0.444 e. The average Bonchev–Trinajstić information content (AvgIpc) is 3.64. The molecule has 0 atom stereocenters. The van der Waals surface area contributed by atoms with Crippen molar-refractivity contribution in [1.82, 2.24) is 29.5 Å². The van der Waals surface area contributed by atoms with E-state index in [1.807, 2.05) is 102 Å². The second-order valence-electron chi connectivity index (χ2n) is 16.7. The van der Waals surface area contributed by atoms with E-state index in [0.29, 0.717) is 34.2 Å². The van der Waals surface area contributed by atoms with E-state index in [2.05, 4.69) is 22.2 Å². The first kappa shape index (κ1) is 38.3. The number of fused-ring (bicyclic) bond motifs is 2. The molecule has 3 aromatic carbocycles. The van der Waals surface area contributed by atoms with Crippen LogP contribution in [0.1, 0.15) is 67.9 Å². The van der Waals surface area contributed by atoms with Gasteiger partial charge in [-0.05, 0) is 110 Å². The SMILES string of the molecule is CN1CCN(c2cccc3c2nc(-c2nn(C(=O)OC(C)(C)C)c4cc(-c5ccc(CNC(=O)OC(C)(C)C)cc5)ccc24)n3C(=O)OC(C)(C)C)CC1. The van der Waals surface area contributed by atoms with Crippen LogP contribution in [0.3, 0.4) is 0 Å². The molecule has 1 amide bonds. The molecule has 1 saturated heterocycles. The van der Waals surface area contributed by atoms with Crippen molar-refractivity contribution >= 4 is 45.9 Å². The van der Waals surface area contributed by atoms with Gasteiger partial charge in [0, 0.05) is 38.1 Å². The molecular formula is C41H51N7O6. The van der Waals surface area contributed by atoms with Crippen molar-refractivity contribution < 1.29 is 28.6 Å². The summed E-state index contributed by atoms with van der Waals surface area (Å²) in [7, 11) is 2.10. The Hall–Kier alpha value is -5.43. The standard InChI is InChI=1S/C41H51N7O6/c1-39(2,3)52-36(49)42-25-26-14-16-27(17-15-26)28-18-19-29-32(24-28)48(38(51)54-41(7,8)9)44-33(29)35-43-34-30(46-22-20-45(10)21-23-46)12-11-13-31(34)47(35)37(50)53-40(4,5)6/h11-19,24H,20-23,25H2,1-10H3,(H,42,49). The van der Waals surface area contributed by atoms with Gasteiger partial charge in [0.25, 0.3) is 0 Å². The van der Waals surface area contributed by atoms with E-state index in [-0.39, 0.29) is 5.82 Å². The molecule has 0 saturated carbocycles. The van der Waals surface area contributed by atoms with Gasteiger partial charge in [-0.25, -0.2) is 23.9 Å². The van der Waals surface area contributed by atoms with Gasteiger partial charge in [-0.1, -0.05) is 36.4 Å². The predicted octanol–water partition coefficient (Wildman–Crippen LogP) is 8.06. The average molecular weight is 738 g/mol. The maximum absolute atomic E-state index is 14.1. The highest BCUT2D eigenvalue weighted by Gasteiger charge is 2.31. The molecule has 1 aliphatic heterocycles. The van der Waals surface area contributed by atoms with Gasteiger partial charge < -0.3 is 29.3 Å². The molecule has 0 spiro atoms. The highest BCUT2D eigenvalue weighted by Crippen LogP contribution is 2.36. The van der Waals surface area contributed by atoms with Gasteiger partial charge in [0.15, 0.2) is 5.82 Å². The maximum atomic E-state index is 14.1. The van der Waals surface area contributed by atoms with Crippen molar-refractivity contribution in [3.8, 4) is 22.6 Å². The number of likely N-dealkylation sites (N-methyl/N-ethyl adjacent to an activating group) is 1. The van der Waals surface area contributed by atoms with Crippen LogP contribution in [-0.4, -0.2) is 92.5 Å². The molecule has 0 bridgehead atoms. The molecule has 6 rings (SSSR count). The molecule has 1 fully saturated rings. The Bertz CT molecular complexity index is 2190. The van der Waals surface area contributed by atoms with Crippen molar-refractivity contribution in [2.75, 3.05) is 38.1 Å². The molecule has 286 valence electrons. The number of alkyl carbamates (subject to hydrolysis) is 1. The third kappa shape index (κ3) is 8.68. The number of hydrogen-bond acceptors (Lipinski definition) is 10. The number of benzene rings is 3. The number of ether oxygens (including phenoxy) is 3. The number of piperazine rings is 1. The number of anilines is 1. The number of carbonyl (C=O) groups is 3. The molecule has 0 unspecified atom stereocenters. The van der Waals surface area contributed by atoms with Crippen molar-refractivity contribution in [2.24, 2.45) is 0 Å². The molecule has 3 heterocycles. The molecule has 0 aliphatic carbocycles. The van der Waals surface area contributed by atoms with E-state index < -0.39 is 35.1 Å². The van der Waals surface area contributed by atoms with E-state index in [1.165, 1.54) is 9.25 Å². The van der Waals surface area contributed by atoms with Crippen LogP contribution >= 0.6 is 0 Å². The zero-order valence-corrected chi connectivity index (χ0v) is 32.9. The van der Waals surface area contributed by atoms with Crippen LogP contribution in [0.15, 0.2) is 60.7 Å². The van der Waals surface area contributed by atoms with Gasteiger partial charge in [0.05, 0.1) is 16.7 Å². The summed E-state index contributed by atoms with van der Waals surface area (Å²) in [6.07, 6.45) is -1.76. The fourth-order valence-electron chi connectivity index (χ4n) is 6.25. The quantitative estimate of drug-likeness (QED) is 0.177. The zero-order chi connectivity index (χ0) is 39.2. The van der Waals surface area contributed by atoms with E-state index >= 15 is 0 Å². The number of para-hydroxylation sites is 1. The molecule has 13 nitrogen and oxygen atoms in total. The lowest BCUT2D eigenvalue weighted by molar-refractivity contribution is 0.0512. The Morgan fingerprint density at radius 3 is 1.96 bits per heavy atom. The van der Waals surface area contributed by atoms with Gasteiger partial charge in [-0.3, -0.25) is 0 Å². The minimum Gasteiger partial charge on any atom is -0.444 e. The summed E-state index contributed by atoms with van der Waals surface area (Å²) >= 11 is 0. The first-order chi connectivity index (χ1) is 25.3. The highest BCUT2D eigenvalue weighted by molar-refractivity contribution is 6.03. The van der Waals surface area contributed by atoms with E-state index in [1.54, 1.807) is 20.8 Å². The Balaban J connectivity index is 1.46. The lowest BCUT2D eigenvalue weighted by atomic mass is 10.0. The van der Waals surface area contributed by atoms with Crippen LogP contribution in [0.2, 0.25) is 0 Å². The van der Waals surface area contributed by atoms with Crippen molar-refractivity contribution in [2.45, 2.75) is 85.7 Å². The number of imidazole rings is 1. The number of amides is 1. The number of nitrogens with zero attached hydrogens (tertiary/aromatic N) is 6. The van der Waals surface area contributed by atoms with E-state index in [0.717, 1.165) is 48.6 Å². The van der Waals surface area contributed by atoms with Gasteiger partial charge in [-0.2, -0.15) is 9.78 Å². The normalized spacial score (nSPS) is 14.4. The number of nitrogens with one attached hydrogen (secondary N) is 1. The highest BCUT2D eigenvalue weighted by atomic mass is 16.6. The van der Waals surface area contributed by atoms with Crippen molar-refractivity contribution in [1.29, 1.82) is 0 Å². The molecule has 2 aromatic heterocycles. The topological polar surface area (TPSA) is 133 Å². The predicted molar refractivity (Wildman–Crippen MR) is 210 cm³/mol. The lowest BCUT2D eigenvalue weighted by Crippen LogP contribution is -2.44. The molecule has 5 aromatic rings. The first-order valence-corrected chi connectivity index (χ1v) is 18.3. The van der Waals surface area contributed by atoms with Crippen molar-refractivity contribution in [3.05, 3.63) is 66.2 Å². The Labute approximate surface area is 316 Å². The Morgan fingerprint density at radius 2 is 1.33 bits per heavy atom. The van der Waals surface area contributed by atoms with Crippen LogP contribution in [0.4, 0.5) is 20.1 Å². The van der Waals surface area contributed by atoms with Crippen LogP contribution in [0, 0.1) is 0 Å². The van der Waals surface area contributed by atoms with Gasteiger partial charge in [0.1, 0.15) is 28.0 Å². The number of rotatable bonds is 5. The van der Waals surface area contributed by atoms with Crippen LogP contribution in [-0.2, 0) is 20.8 Å². The maximum Gasteiger partial charge on any atom is 0.435 e. The fourth-order valence-corrected chi connectivity index (χ4v) is 6.25. The van der Waals surface area contributed by atoms with Crippen LogP contribution in [0.25, 0.3) is 44.6 Å². The van der Waals surface area contributed by atoms with E-state index in [9.17, 15) is 14.4 Å². The van der Waals surface area contributed by atoms with Gasteiger partial charge in [0.2, 0.25) is 0 Å². The molecule has 1 N–H and O–H groups in total. The van der Waals surface area contributed by atoms with Gasteiger partial charge >= 0.3 is 18.3 Å². The first-order valence-electron chi connectivity index (χ1n) is 18.3. The van der Waals surface area contributed by atoms with E-state index in [4.69, 9.17) is 24.3 Å². The Morgan fingerprint density at radius 1 is 0.722 bits per heavy atom. The second kappa shape index (κ2) is 14.4. The summed E-state index contributed by atoms with van der Waals surface area (Å²) in [5.41, 5.74) is 3.37. The summed E-state index contributed by atoms with van der Waals surface area (Å²) in [6.45, 7) is 20.0. The van der Waals surface area contributed by atoms with Crippen molar-refractivity contribution in [3.63, 3.8) is 0 Å². The zero-order valence-electron chi connectivity index (χ0n) is 32.9. The lowest BCUT2D eigenvalue weighted by Gasteiger charge is -2.34. The molecule has 54 heavy (non-hydrogen) atoms. The fraction of sp³-hybridized carbons (Fsp3) is 0.439. The number of aromatic nitrogens is 4.